The van der Waals surface area contributed by atoms with Crippen molar-refractivity contribution < 1.29 is 9.59 Å². The third-order valence-electron chi connectivity index (χ3n) is 3.64. The number of nitrogens with one attached hydrogen (secondary N) is 1. The minimum absolute atomic E-state index is 0.146. The van der Waals surface area contributed by atoms with Crippen LogP contribution in [0.2, 0.25) is 0 Å². The molecule has 1 aromatic heterocycles. The van der Waals surface area contributed by atoms with Crippen LogP contribution in [0.4, 0.5) is 5.69 Å². The smallest absolute Gasteiger partial charge is 0.275 e. The van der Waals surface area contributed by atoms with E-state index in [1.807, 2.05) is 6.07 Å². The number of carbonyl (C=O) groups excluding carboxylic acids is 2. The SMILES string of the molecule is CC(=O)c1ccccc1NC(=O)Cn1ncc2ccccc2c1=O. The van der Waals surface area contributed by atoms with Gasteiger partial charge in [-0.25, -0.2) is 4.68 Å². The molecule has 120 valence electrons. The summed E-state index contributed by atoms with van der Waals surface area (Å²) in [6, 6.07) is 13.8. The summed E-state index contributed by atoms with van der Waals surface area (Å²) in [5, 5.41) is 7.91. The molecule has 0 aliphatic rings. The summed E-state index contributed by atoms with van der Waals surface area (Å²) in [4.78, 5) is 36.2. The lowest BCUT2D eigenvalue weighted by atomic mass is 10.1. The van der Waals surface area contributed by atoms with E-state index in [4.69, 9.17) is 0 Å². The van der Waals surface area contributed by atoms with Crippen molar-refractivity contribution >= 4 is 28.2 Å². The highest BCUT2D eigenvalue weighted by atomic mass is 16.2. The molecule has 0 fully saturated rings. The molecule has 6 nitrogen and oxygen atoms in total. The molecule has 1 amide bonds. The molecule has 0 spiro atoms. The molecule has 1 heterocycles. The normalized spacial score (nSPS) is 10.5. The van der Waals surface area contributed by atoms with Gasteiger partial charge in [-0.1, -0.05) is 30.3 Å². The van der Waals surface area contributed by atoms with Crippen molar-refractivity contribution in [1.29, 1.82) is 0 Å². The van der Waals surface area contributed by atoms with Gasteiger partial charge in [0.2, 0.25) is 5.91 Å². The summed E-state index contributed by atoms with van der Waals surface area (Å²) in [7, 11) is 0. The number of amides is 1. The molecular weight excluding hydrogens is 306 g/mol. The highest BCUT2D eigenvalue weighted by Gasteiger charge is 2.12. The Morgan fingerprint density at radius 2 is 1.79 bits per heavy atom. The maximum Gasteiger partial charge on any atom is 0.275 e. The number of hydrogen-bond acceptors (Lipinski definition) is 4. The molecule has 0 unspecified atom stereocenters. The fourth-order valence-electron chi connectivity index (χ4n) is 2.47. The van der Waals surface area contributed by atoms with Gasteiger partial charge < -0.3 is 5.32 Å². The zero-order chi connectivity index (χ0) is 17.1. The van der Waals surface area contributed by atoms with Crippen LogP contribution in [0.15, 0.2) is 59.5 Å². The number of fused-ring (bicyclic) bond motifs is 1. The van der Waals surface area contributed by atoms with Crippen LogP contribution < -0.4 is 10.9 Å². The molecule has 0 bridgehead atoms. The van der Waals surface area contributed by atoms with Crippen molar-refractivity contribution in [3.63, 3.8) is 0 Å². The van der Waals surface area contributed by atoms with E-state index in [9.17, 15) is 14.4 Å². The van der Waals surface area contributed by atoms with Gasteiger partial charge in [-0.15, -0.1) is 0 Å². The molecule has 24 heavy (non-hydrogen) atoms. The highest BCUT2D eigenvalue weighted by molar-refractivity contribution is 6.03. The Bertz CT molecular complexity index is 992. The van der Waals surface area contributed by atoms with E-state index in [2.05, 4.69) is 10.4 Å². The maximum atomic E-state index is 12.4. The first kappa shape index (κ1) is 15.6. The summed E-state index contributed by atoms with van der Waals surface area (Å²) in [5.74, 6) is -0.569. The third kappa shape index (κ3) is 3.08. The lowest BCUT2D eigenvalue weighted by molar-refractivity contribution is -0.117. The number of Topliss-reactive ketones (excluding diaryl/α,β-unsaturated/α-hetero) is 1. The molecule has 1 N–H and O–H groups in total. The molecule has 3 aromatic rings. The number of anilines is 1. The molecule has 0 atom stereocenters. The number of rotatable bonds is 4. The highest BCUT2D eigenvalue weighted by Crippen LogP contribution is 2.15. The molecule has 6 heteroatoms. The molecular formula is C18H15N3O3. The standard InChI is InChI=1S/C18H15N3O3/c1-12(22)14-7-4-5-9-16(14)20-17(23)11-21-18(24)15-8-3-2-6-13(15)10-19-21/h2-10H,11H2,1H3,(H,20,23). The number of carbonyl (C=O) groups is 2. The Hall–Kier alpha value is -3.28. The second-order valence-electron chi connectivity index (χ2n) is 5.34. The van der Waals surface area contributed by atoms with Crippen molar-refractivity contribution in [2.24, 2.45) is 0 Å². The van der Waals surface area contributed by atoms with Crippen molar-refractivity contribution in [2.75, 3.05) is 5.32 Å². The Morgan fingerprint density at radius 1 is 1.08 bits per heavy atom. The quantitative estimate of drug-likeness (QED) is 0.747. The van der Waals surface area contributed by atoms with Crippen LogP contribution in [0.3, 0.4) is 0 Å². The van der Waals surface area contributed by atoms with E-state index < -0.39 is 5.91 Å². The lowest BCUT2D eigenvalue weighted by Gasteiger charge is -2.10. The van der Waals surface area contributed by atoms with Gasteiger partial charge in [0, 0.05) is 10.9 Å². The number of para-hydroxylation sites is 1. The van der Waals surface area contributed by atoms with Crippen LogP contribution in [0.5, 0.6) is 0 Å². The fourth-order valence-corrected chi connectivity index (χ4v) is 2.47. The molecule has 0 radical (unpaired) electrons. The van der Waals surface area contributed by atoms with Crippen molar-refractivity contribution in [3.05, 3.63) is 70.6 Å². The lowest BCUT2D eigenvalue weighted by Crippen LogP contribution is -2.29. The largest absolute Gasteiger partial charge is 0.324 e. The fraction of sp³-hybridized carbons (Fsp3) is 0.111. The van der Waals surface area contributed by atoms with E-state index in [1.54, 1.807) is 48.7 Å². The van der Waals surface area contributed by atoms with Gasteiger partial charge in [-0.05, 0) is 25.1 Å². The van der Waals surface area contributed by atoms with Crippen LogP contribution >= 0.6 is 0 Å². The van der Waals surface area contributed by atoms with E-state index in [-0.39, 0.29) is 17.9 Å². The number of benzene rings is 2. The number of ketones is 1. The predicted octanol–water partition coefficient (Wildman–Crippen LogP) is 2.24. The summed E-state index contributed by atoms with van der Waals surface area (Å²) >= 11 is 0. The van der Waals surface area contributed by atoms with Crippen LogP contribution in [0, 0.1) is 0 Å². The number of nitrogens with zero attached hydrogens (tertiary/aromatic N) is 2. The van der Waals surface area contributed by atoms with Crippen molar-refractivity contribution in [3.8, 4) is 0 Å². The first-order valence-corrected chi connectivity index (χ1v) is 7.41. The van der Waals surface area contributed by atoms with Gasteiger partial charge in [0.25, 0.3) is 5.56 Å². The molecule has 0 saturated carbocycles. The van der Waals surface area contributed by atoms with Gasteiger partial charge in [-0.3, -0.25) is 14.4 Å². The Labute approximate surface area is 137 Å². The Balaban J connectivity index is 1.85. The molecule has 0 saturated heterocycles. The average Bonchev–Trinajstić information content (AvgIpc) is 2.58. The van der Waals surface area contributed by atoms with Gasteiger partial charge >= 0.3 is 0 Å². The summed E-state index contributed by atoms with van der Waals surface area (Å²) in [6.45, 7) is 1.20. The first-order chi connectivity index (χ1) is 11.6. The Kier molecular flexibility index (Phi) is 4.20. The average molecular weight is 321 g/mol. The second-order valence-corrected chi connectivity index (χ2v) is 5.34. The minimum Gasteiger partial charge on any atom is -0.324 e. The Morgan fingerprint density at radius 3 is 2.58 bits per heavy atom. The molecule has 3 rings (SSSR count). The summed E-state index contributed by atoms with van der Waals surface area (Å²) in [5.41, 5.74) is 0.511. The molecule has 2 aromatic carbocycles. The van der Waals surface area contributed by atoms with Gasteiger partial charge in [0.15, 0.2) is 5.78 Å². The first-order valence-electron chi connectivity index (χ1n) is 7.41. The van der Waals surface area contributed by atoms with Gasteiger partial charge in [0.05, 0.1) is 17.3 Å². The van der Waals surface area contributed by atoms with Gasteiger partial charge in [-0.2, -0.15) is 5.10 Å². The summed E-state index contributed by atoms with van der Waals surface area (Å²) in [6.07, 6.45) is 1.55. The van der Waals surface area contributed by atoms with Crippen LogP contribution in [-0.2, 0) is 11.3 Å². The van der Waals surface area contributed by atoms with E-state index in [0.29, 0.717) is 16.6 Å². The third-order valence-corrected chi connectivity index (χ3v) is 3.64. The van der Waals surface area contributed by atoms with Crippen molar-refractivity contribution in [2.45, 2.75) is 13.5 Å². The van der Waals surface area contributed by atoms with Gasteiger partial charge in [0.1, 0.15) is 6.54 Å². The van der Waals surface area contributed by atoms with E-state index in [1.165, 1.54) is 6.92 Å². The topological polar surface area (TPSA) is 81.1 Å². The number of aromatic nitrogens is 2. The minimum atomic E-state index is -0.423. The second kappa shape index (κ2) is 6.45. The zero-order valence-corrected chi connectivity index (χ0v) is 13.0. The monoisotopic (exact) mass is 321 g/mol. The molecule has 0 aliphatic carbocycles. The van der Waals surface area contributed by atoms with Crippen LogP contribution in [-0.4, -0.2) is 21.5 Å². The zero-order valence-electron chi connectivity index (χ0n) is 13.0. The van der Waals surface area contributed by atoms with E-state index in [0.717, 1.165) is 10.1 Å². The van der Waals surface area contributed by atoms with Crippen LogP contribution in [0.1, 0.15) is 17.3 Å². The molecule has 0 aliphatic heterocycles. The van der Waals surface area contributed by atoms with Crippen molar-refractivity contribution in [1.82, 2.24) is 9.78 Å². The maximum absolute atomic E-state index is 12.4. The van der Waals surface area contributed by atoms with E-state index >= 15 is 0 Å². The number of hydrogen-bond donors (Lipinski definition) is 1. The summed E-state index contributed by atoms with van der Waals surface area (Å²) < 4.78 is 1.11. The predicted molar refractivity (Wildman–Crippen MR) is 91.1 cm³/mol. The van der Waals surface area contributed by atoms with Crippen LogP contribution in [0.25, 0.3) is 10.8 Å².